The maximum absolute atomic E-state index is 13.4. The zero-order valence-corrected chi connectivity index (χ0v) is 9.48. The molecular weight excluding hydrogens is 241 g/mol. The fourth-order valence-electron chi connectivity index (χ4n) is 1.75. The average molecular weight is 253 g/mol. The summed E-state index contributed by atoms with van der Waals surface area (Å²) in [5.41, 5.74) is 4.30. The summed E-state index contributed by atoms with van der Waals surface area (Å²) in [5, 5.41) is 12.9. The van der Waals surface area contributed by atoms with Crippen molar-refractivity contribution in [2.75, 3.05) is 5.32 Å². The lowest BCUT2D eigenvalue weighted by Crippen LogP contribution is -2.56. The molecule has 0 spiro atoms. The van der Waals surface area contributed by atoms with Crippen molar-refractivity contribution in [1.82, 2.24) is 0 Å². The van der Waals surface area contributed by atoms with Crippen molar-refractivity contribution in [1.29, 1.82) is 0 Å². The summed E-state index contributed by atoms with van der Waals surface area (Å²) in [6, 6.07) is 2.96. The molecule has 0 saturated heterocycles. The van der Waals surface area contributed by atoms with Gasteiger partial charge in [0.15, 0.2) is 0 Å². The van der Waals surface area contributed by atoms with E-state index in [1.165, 1.54) is 0 Å². The average Bonchev–Trinajstić information content (AvgIpc) is 2.28. The number of hydrogen-bond acceptors (Lipinski definition) is 4. The first-order valence-electron chi connectivity index (χ1n) is 5.47. The number of nitrogens with two attached hydrogens (primary N) is 1. The number of halogens is 1. The molecule has 0 radical (unpaired) electrons. The van der Waals surface area contributed by atoms with E-state index >= 15 is 0 Å². The van der Waals surface area contributed by atoms with E-state index in [1.807, 2.05) is 0 Å². The first-order valence-corrected chi connectivity index (χ1v) is 5.47. The van der Waals surface area contributed by atoms with Crippen molar-refractivity contribution in [2.45, 2.75) is 24.8 Å². The van der Waals surface area contributed by atoms with Crippen LogP contribution in [0.4, 0.5) is 15.8 Å². The lowest BCUT2D eigenvalue weighted by atomic mass is 9.77. The van der Waals surface area contributed by atoms with Crippen molar-refractivity contribution in [3.05, 3.63) is 34.1 Å². The second kappa shape index (κ2) is 4.34. The number of nitro benzene ring substituents is 1. The smallest absolute Gasteiger partial charge is 0.271 e. The van der Waals surface area contributed by atoms with Crippen LogP contribution in [0.1, 0.15) is 19.3 Å². The summed E-state index contributed by atoms with van der Waals surface area (Å²) in [4.78, 5) is 21.7. The number of anilines is 1. The van der Waals surface area contributed by atoms with E-state index in [4.69, 9.17) is 5.73 Å². The number of hydrogen-bond donors (Lipinski definition) is 2. The molecule has 0 unspecified atom stereocenters. The molecule has 2 rings (SSSR count). The van der Waals surface area contributed by atoms with Crippen molar-refractivity contribution >= 4 is 17.3 Å². The van der Waals surface area contributed by atoms with Crippen molar-refractivity contribution < 1.29 is 14.1 Å². The van der Waals surface area contributed by atoms with E-state index in [0.29, 0.717) is 12.8 Å². The molecule has 6 nitrogen and oxygen atoms in total. The Morgan fingerprint density at radius 3 is 2.67 bits per heavy atom. The van der Waals surface area contributed by atoms with Crippen molar-refractivity contribution in [2.24, 2.45) is 5.73 Å². The molecular formula is C11H12FN3O3. The molecule has 1 aliphatic rings. The van der Waals surface area contributed by atoms with Gasteiger partial charge in [-0.25, -0.2) is 4.39 Å². The highest BCUT2D eigenvalue weighted by Gasteiger charge is 2.40. The van der Waals surface area contributed by atoms with E-state index in [9.17, 15) is 19.3 Å². The molecule has 0 bridgehead atoms. The Balaban J connectivity index is 2.20. The number of nitrogens with one attached hydrogen (secondary N) is 1. The van der Waals surface area contributed by atoms with Crippen LogP contribution in [0.5, 0.6) is 0 Å². The number of benzene rings is 1. The lowest BCUT2D eigenvalue weighted by Gasteiger charge is -2.36. The maximum atomic E-state index is 13.4. The van der Waals surface area contributed by atoms with Crippen LogP contribution in [0.25, 0.3) is 0 Å². The van der Waals surface area contributed by atoms with Gasteiger partial charge in [-0.1, -0.05) is 0 Å². The summed E-state index contributed by atoms with van der Waals surface area (Å²) in [6.07, 6.45) is 1.92. The minimum Gasteiger partial charge on any atom is -0.322 e. The van der Waals surface area contributed by atoms with E-state index in [0.717, 1.165) is 24.6 Å². The topological polar surface area (TPSA) is 98.3 Å². The second-order valence-electron chi connectivity index (χ2n) is 4.39. The molecule has 1 fully saturated rings. The van der Waals surface area contributed by atoms with Crippen LogP contribution >= 0.6 is 0 Å². The van der Waals surface area contributed by atoms with E-state index < -0.39 is 22.2 Å². The Morgan fingerprint density at radius 1 is 1.50 bits per heavy atom. The normalized spacial score (nSPS) is 16.8. The number of nitro groups is 1. The summed E-state index contributed by atoms with van der Waals surface area (Å²) >= 11 is 0. The van der Waals surface area contributed by atoms with Gasteiger partial charge in [0, 0.05) is 12.1 Å². The van der Waals surface area contributed by atoms with Crippen LogP contribution in [-0.4, -0.2) is 16.4 Å². The largest absolute Gasteiger partial charge is 0.322 e. The van der Waals surface area contributed by atoms with Crippen molar-refractivity contribution in [3.8, 4) is 0 Å². The SMILES string of the molecule is NC1(C(=O)Nc2cc([N+](=O)[O-])ccc2F)CCC1. The highest BCUT2D eigenvalue weighted by Crippen LogP contribution is 2.31. The van der Waals surface area contributed by atoms with Gasteiger partial charge in [-0.15, -0.1) is 0 Å². The molecule has 18 heavy (non-hydrogen) atoms. The minimum atomic E-state index is -0.975. The van der Waals surface area contributed by atoms with Crippen molar-refractivity contribution in [3.63, 3.8) is 0 Å². The van der Waals surface area contributed by atoms with E-state index in [1.54, 1.807) is 0 Å². The summed E-state index contributed by atoms with van der Waals surface area (Å²) < 4.78 is 13.4. The van der Waals surface area contributed by atoms with Gasteiger partial charge in [0.2, 0.25) is 5.91 Å². The number of nitrogens with zero attached hydrogens (tertiary/aromatic N) is 1. The number of carbonyl (C=O) groups excluding carboxylic acids is 1. The lowest BCUT2D eigenvalue weighted by molar-refractivity contribution is -0.384. The Hall–Kier alpha value is -2.02. The van der Waals surface area contributed by atoms with Gasteiger partial charge in [0.05, 0.1) is 16.1 Å². The van der Waals surface area contributed by atoms with Gasteiger partial charge < -0.3 is 11.1 Å². The van der Waals surface area contributed by atoms with Crippen LogP contribution < -0.4 is 11.1 Å². The third kappa shape index (κ3) is 2.17. The van der Waals surface area contributed by atoms with Gasteiger partial charge in [-0.3, -0.25) is 14.9 Å². The van der Waals surface area contributed by atoms with Gasteiger partial charge in [0.25, 0.3) is 5.69 Å². The van der Waals surface area contributed by atoms with E-state index in [-0.39, 0.29) is 11.4 Å². The third-order valence-corrected chi connectivity index (χ3v) is 3.11. The fourth-order valence-corrected chi connectivity index (χ4v) is 1.75. The van der Waals surface area contributed by atoms with Crippen LogP contribution in [0.15, 0.2) is 18.2 Å². The third-order valence-electron chi connectivity index (χ3n) is 3.11. The minimum absolute atomic E-state index is 0.217. The van der Waals surface area contributed by atoms with Gasteiger partial charge in [-0.2, -0.15) is 0 Å². The number of amides is 1. The maximum Gasteiger partial charge on any atom is 0.271 e. The standard InChI is InChI=1S/C11H12FN3O3/c12-8-3-2-7(15(17)18)6-9(8)14-10(16)11(13)4-1-5-11/h2-3,6H,1,4-5,13H2,(H,14,16). The summed E-state index contributed by atoms with van der Waals surface area (Å²) in [7, 11) is 0. The van der Waals surface area contributed by atoms with Crippen LogP contribution in [-0.2, 0) is 4.79 Å². The molecule has 0 heterocycles. The number of carbonyl (C=O) groups is 1. The van der Waals surface area contributed by atoms with Gasteiger partial charge in [0.1, 0.15) is 5.82 Å². The van der Waals surface area contributed by atoms with Crippen LogP contribution in [0, 0.1) is 15.9 Å². The molecule has 1 aliphatic carbocycles. The van der Waals surface area contributed by atoms with Gasteiger partial charge >= 0.3 is 0 Å². The predicted molar refractivity (Wildman–Crippen MR) is 62.5 cm³/mol. The monoisotopic (exact) mass is 253 g/mol. The highest BCUT2D eigenvalue weighted by molar-refractivity contribution is 5.98. The quantitative estimate of drug-likeness (QED) is 0.630. The number of non-ortho nitro benzene ring substituents is 1. The fraction of sp³-hybridized carbons (Fsp3) is 0.364. The van der Waals surface area contributed by atoms with Crippen LogP contribution in [0.3, 0.4) is 0 Å². The van der Waals surface area contributed by atoms with E-state index in [2.05, 4.69) is 5.32 Å². The zero-order chi connectivity index (χ0) is 13.3. The van der Waals surface area contributed by atoms with Gasteiger partial charge in [-0.05, 0) is 25.3 Å². The molecule has 96 valence electrons. The predicted octanol–water partition coefficient (Wildman–Crippen LogP) is 1.55. The van der Waals surface area contributed by atoms with Crippen LogP contribution in [0.2, 0.25) is 0 Å². The molecule has 0 aliphatic heterocycles. The number of rotatable bonds is 3. The second-order valence-corrected chi connectivity index (χ2v) is 4.39. The Bertz CT molecular complexity index is 514. The molecule has 0 atom stereocenters. The molecule has 7 heteroatoms. The molecule has 1 saturated carbocycles. The Labute approximate surface area is 102 Å². The zero-order valence-electron chi connectivity index (χ0n) is 9.48. The first-order chi connectivity index (χ1) is 8.42. The Morgan fingerprint density at radius 2 is 2.17 bits per heavy atom. The molecule has 0 aromatic heterocycles. The first kappa shape index (κ1) is 12.4. The summed E-state index contributed by atoms with van der Waals surface area (Å²) in [6.45, 7) is 0. The highest BCUT2D eigenvalue weighted by atomic mass is 19.1. The molecule has 1 aromatic rings. The molecule has 3 N–H and O–H groups in total. The molecule has 1 amide bonds. The molecule has 1 aromatic carbocycles. The summed E-state index contributed by atoms with van der Waals surface area (Å²) in [5.74, 6) is -1.23. The Kier molecular flexibility index (Phi) is 3.00.